The molecule has 1 aliphatic carbocycles. The summed E-state index contributed by atoms with van der Waals surface area (Å²) in [4.78, 5) is 23.0. The number of carbonyl (C=O) groups is 2. The molecule has 0 aromatic heterocycles. The lowest BCUT2D eigenvalue weighted by molar-refractivity contribution is -0.142. The van der Waals surface area contributed by atoms with E-state index in [1.807, 2.05) is 25.1 Å². The van der Waals surface area contributed by atoms with Crippen molar-refractivity contribution in [2.24, 2.45) is 5.92 Å². The SMILES string of the molecule is Cc1cc(Br)ccc1CC(=O)NC1CCC(C(=O)O)CC1. The van der Waals surface area contributed by atoms with Crippen molar-refractivity contribution in [3.8, 4) is 0 Å². The van der Waals surface area contributed by atoms with E-state index in [4.69, 9.17) is 5.11 Å². The number of nitrogens with one attached hydrogen (secondary N) is 1. The number of benzene rings is 1. The van der Waals surface area contributed by atoms with Gasteiger partial charge in [0.2, 0.25) is 5.91 Å². The third-order valence-electron chi connectivity index (χ3n) is 4.10. The van der Waals surface area contributed by atoms with Gasteiger partial charge in [0, 0.05) is 10.5 Å². The van der Waals surface area contributed by atoms with Crippen molar-refractivity contribution in [1.29, 1.82) is 0 Å². The first-order valence-corrected chi connectivity index (χ1v) is 8.02. The zero-order chi connectivity index (χ0) is 15.4. The van der Waals surface area contributed by atoms with Gasteiger partial charge >= 0.3 is 5.97 Å². The lowest BCUT2D eigenvalue weighted by Gasteiger charge is -2.26. The molecule has 1 saturated carbocycles. The summed E-state index contributed by atoms with van der Waals surface area (Å²) >= 11 is 3.41. The van der Waals surface area contributed by atoms with Gasteiger partial charge in [-0.15, -0.1) is 0 Å². The maximum Gasteiger partial charge on any atom is 0.306 e. The predicted molar refractivity (Wildman–Crippen MR) is 84.1 cm³/mol. The van der Waals surface area contributed by atoms with E-state index in [2.05, 4.69) is 21.2 Å². The summed E-state index contributed by atoms with van der Waals surface area (Å²) < 4.78 is 1.01. The minimum Gasteiger partial charge on any atom is -0.481 e. The molecule has 0 unspecified atom stereocenters. The fourth-order valence-corrected chi connectivity index (χ4v) is 3.27. The van der Waals surface area contributed by atoms with Crippen LogP contribution < -0.4 is 5.32 Å². The van der Waals surface area contributed by atoms with E-state index in [0.29, 0.717) is 19.3 Å². The van der Waals surface area contributed by atoms with Crippen LogP contribution in [0.5, 0.6) is 0 Å². The van der Waals surface area contributed by atoms with E-state index in [-0.39, 0.29) is 17.9 Å². The zero-order valence-corrected chi connectivity index (χ0v) is 13.6. The van der Waals surface area contributed by atoms with Gasteiger partial charge in [-0.2, -0.15) is 0 Å². The number of halogens is 1. The summed E-state index contributed by atoms with van der Waals surface area (Å²) in [5.41, 5.74) is 2.11. The molecule has 0 bridgehead atoms. The number of aliphatic carboxylic acids is 1. The van der Waals surface area contributed by atoms with E-state index in [0.717, 1.165) is 28.4 Å². The maximum atomic E-state index is 12.1. The molecule has 5 heteroatoms. The van der Waals surface area contributed by atoms with E-state index in [9.17, 15) is 9.59 Å². The Balaban J connectivity index is 1.84. The van der Waals surface area contributed by atoms with E-state index in [1.54, 1.807) is 0 Å². The Hall–Kier alpha value is -1.36. The fraction of sp³-hybridized carbons (Fsp3) is 0.500. The lowest BCUT2D eigenvalue weighted by Crippen LogP contribution is -2.39. The van der Waals surface area contributed by atoms with Crippen LogP contribution in [0.1, 0.15) is 36.8 Å². The van der Waals surface area contributed by atoms with Gasteiger partial charge in [0.1, 0.15) is 0 Å². The average Bonchev–Trinajstić information content (AvgIpc) is 2.42. The van der Waals surface area contributed by atoms with Crippen LogP contribution in [0.15, 0.2) is 22.7 Å². The van der Waals surface area contributed by atoms with E-state index < -0.39 is 5.97 Å². The molecule has 0 radical (unpaired) electrons. The second kappa shape index (κ2) is 7.07. The first-order valence-electron chi connectivity index (χ1n) is 7.23. The van der Waals surface area contributed by atoms with E-state index >= 15 is 0 Å². The molecule has 21 heavy (non-hydrogen) atoms. The van der Waals surface area contributed by atoms with Crippen LogP contribution in [0.2, 0.25) is 0 Å². The third-order valence-corrected chi connectivity index (χ3v) is 4.59. The largest absolute Gasteiger partial charge is 0.481 e. The predicted octanol–water partition coefficient (Wildman–Crippen LogP) is 3.06. The molecule has 114 valence electrons. The van der Waals surface area contributed by atoms with Crippen molar-refractivity contribution in [1.82, 2.24) is 5.32 Å². The Kier molecular flexibility index (Phi) is 5.39. The molecule has 1 aromatic carbocycles. The van der Waals surface area contributed by atoms with Crippen LogP contribution in [0.25, 0.3) is 0 Å². The summed E-state index contributed by atoms with van der Waals surface area (Å²) in [6, 6.07) is 6.01. The van der Waals surface area contributed by atoms with Crippen LogP contribution in [0.4, 0.5) is 0 Å². The van der Waals surface area contributed by atoms with Gasteiger partial charge in [-0.25, -0.2) is 0 Å². The van der Waals surface area contributed by atoms with Gasteiger partial charge < -0.3 is 10.4 Å². The number of aryl methyl sites for hydroxylation is 1. The first kappa shape index (κ1) is 16.0. The van der Waals surface area contributed by atoms with Crippen molar-refractivity contribution in [2.45, 2.75) is 45.1 Å². The standard InChI is InChI=1S/C16H20BrNO3/c1-10-8-13(17)5-2-12(10)9-15(19)18-14-6-3-11(4-7-14)16(20)21/h2,5,8,11,14H,3-4,6-7,9H2,1H3,(H,18,19)(H,20,21). The monoisotopic (exact) mass is 353 g/mol. The van der Waals surface area contributed by atoms with Gasteiger partial charge in [0.25, 0.3) is 0 Å². The Bertz CT molecular complexity index is 536. The molecule has 4 nitrogen and oxygen atoms in total. The molecule has 0 saturated heterocycles. The van der Waals surface area contributed by atoms with Crippen LogP contribution in [-0.2, 0) is 16.0 Å². The number of carbonyl (C=O) groups excluding carboxylic acids is 1. The van der Waals surface area contributed by atoms with Crippen molar-refractivity contribution in [2.75, 3.05) is 0 Å². The second-order valence-electron chi connectivity index (χ2n) is 5.70. The number of hydrogen-bond donors (Lipinski definition) is 2. The highest BCUT2D eigenvalue weighted by molar-refractivity contribution is 9.10. The van der Waals surface area contributed by atoms with Gasteiger partial charge in [0.15, 0.2) is 0 Å². The quantitative estimate of drug-likeness (QED) is 0.873. The lowest BCUT2D eigenvalue weighted by atomic mass is 9.86. The Morgan fingerprint density at radius 2 is 1.95 bits per heavy atom. The van der Waals surface area contributed by atoms with E-state index in [1.165, 1.54) is 0 Å². The van der Waals surface area contributed by atoms with Crippen molar-refractivity contribution in [3.63, 3.8) is 0 Å². The van der Waals surface area contributed by atoms with Crippen molar-refractivity contribution in [3.05, 3.63) is 33.8 Å². The third kappa shape index (κ3) is 4.56. The van der Waals surface area contributed by atoms with Crippen LogP contribution in [0, 0.1) is 12.8 Å². The molecule has 0 spiro atoms. The molecule has 0 heterocycles. The summed E-state index contributed by atoms with van der Waals surface area (Å²) in [6.45, 7) is 1.99. The van der Waals surface area contributed by atoms with Gasteiger partial charge in [0.05, 0.1) is 12.3 Å². The number of carboxylic acids is 1. The Morgan fingerprint density at radius 1 is 1.29 bits per heavy atom. The maximum absolute atomic E-state index is 12.1. The second-order valence-corrected chi connectivity index (χ2v) is 6.62. The number of rotatable bonds is 4. The molecule has 2 rings (SSSR count). The molecule has 1 fully saturated rings. The van der Waals surface area contributed by atoms with Gasteiger partial charge in [-0.1, -0.05) is 22.0 Å². The summed E-state index contributed by atoms with van der Waals surface area (Å²) in [5, 5.41) is 12.0. The van der Waals surface area contributed by atoms with Gasteiger partial charge in [-0.05, 0) is 55.9 Å². The zero-order valence-electron chi connectivity index (χ0n) is 12.1. The van der Waals surface area contributed by atoms with Crippen molar-refractivity contribution >= 4 is 27.8 Å². The minimum absolute atomic E-state index is 0.0131. The molecular formula is C16H20BrNO3. The highest BCUT2D eigenvalue weighted by atomic mass is 79.9. The highest BCUT2D eigenvalue weighted by Gasteiger charge is 2.26. The van der Waals surface area contributed by atoms with Crippen LogP contribution >= 0.6 is 15.9 Å². The number of amides is 1. The molecule has 1 aromatic rings. The topological polar surface area (TPSA) is 66.4 Å². The van der Waals surface area contributed by atoms with Gasteiger partial charge in [-0.3, -0.25) is 9.59 Å². The average molecular weight is 354 g/mol. The number of hydrogen-bond acceptors (Lipinski definition) is 2. The minimum atomic E-state index is -0.717. The molecule has 0 aliphatic heterocycles. The highest BCUT2D eigenvalue weighted by Crippen LogP contribution is 2.24. The molecule has 0 atom stereocenters. The molecule has 2 N–H and O–H groups in total. The normalized spacial score (nSPS) is 21.8. The molecular weight excluding hydrogens is 334 g/mol. The molecule has 1 amide bonds. The smallest absolute Gasteiger partial charge is 0.306 e. The van der Waals surface area contributed by atoms with Crippen molar-refractivity contribution < 1.29 is 14.7 Å². The number of carboxylic acid groups (broad SMARTS) is 1. The fourth-order valence-electron chi connectivity index (χ4n) is 2.79. The Labute approximate surface area is 133 Å². The Morgan fingerprint density at radius 3 is 2.52 bits per heavy atom. The molecule has 1 aliphatic rings. The first-order chi connectivity index (χ1) is 9.95. The summed E-state index contributed by atoms with van der Waals surface area (Å²) in [7, 11) is 0. The van der Waals surface area contributed by atoms with Crippen LogP contribution in [0.3, 0.4) is 0 Å². The summed E-state index contributed by atoms with van der Waals surface area (Å²) in [5.74, 6) is -0.948. The summed E-state index contributed by atoms with van der Waals surface area (Å²) in [6.07, 6.45) is 3.18. The van der Waals surface area contributed by atoms with Crippen LogP contribution in [-0.4, -0.2) is 23.0 Å².